The normalized spacial score (nSPS) is 9.04. The molecule has 0 bridgehead atoms. The second-order valence-electron chi connectivity index (χ2n) is 13.8. The minimum Gasteiger partial charge on any atom is 0 e. The van der Waals surface area contributed by atoms with Gasteiger partial charge in [0.2, 0.25) is 0 Å². The van der Waals surface area contributed by atoms with Crippen molar-refractivity contribution >= 4 is 55.6 Å². The summed E-state index contributed by atoms with van der Waals surface area (Å²) in [6, 6.07) is 93.8. The summed E-state index contributed by atoms with van der Waals surface area (Å²) in [6.45, 7) is 13.5. The molecule has 7 heteroatoms. The molecular formula is C63H45CrO3P3. The quantitative estimate of drug-likeness (QED) is 0.0690. The van der Waals surface area contributed by atoms with Gasteiger partial charge in [-0.1, -0.05) is 271 Å². The molecule has 0 aliphatic heterocycles. The summed E-state index contributed by atoms with van der Waals surface area (Å²) < 4.78 is 22.5. The standard InChI is InChI=1S/3C20H15P.3CO.Cr/c3*1-4-10-18(11-5-1)16-17-21(19-12-6-2-7-13-19)20-14-8-3-9-15-20;3*1-2;/h3*1-15H;;;;. The predicted octanol–water partition coefficient (Wildman–Crippen LogP) is 12.3. The number of hydrogen-bond acceptors (Lipinski definition) is 0. The van der Waals surface area contributed by atoms with Crippen LogP contribution in [0, 0.1) is 54.7 Å². The van der Waals surface area contributed by atoms with E-state index < -0.39 is 23.8 Å². The van der Waals surface area contributed by atoms with Gasteiger partial charge in [-0.15, -0.1) is 0 Å². The molecule has 0 fully saturated rings. The van der Waals surface area contributed by atoms with Crippen LogP contribution in [-0.2, 0) is 31.3 Å². The van der Waals surface area contributed by atoms with E-state index in [0.29, 0.717) is 0 Å². The van der Waals surface area contributed by atoms with Crippen LogP contribution in [0.5, 0.6) is 0 Å². The minimum absolute atomic E-state index is 0. The Balaban J connectivity index is 0.000000261. The monoisotopic (exact) mass is 994 g/mol. The Labute approximate surface area is 428 Å². The topological polar surface area (TPSA) is 59.7 Å². The van der Waals surface area contributed by atoms with Gasteiger partial charge in [-0.3, -0.25) is 0 Å². The van der Waals surface area contributed by atoms with Gasteiger partial charge in [0.05, 0.1) is 0 Å². The van der Waals surface area contributed by atoms with Crippen LogP contribution in [0.25, 0.3) is 0 Å². The van der Waals surface area contributed by atoms with Crippen LogP contribution in [0.4, 0.5) is 0 Å². The SMILES string of the molecule is C(#CP(c1ccccc1)c1ccccc1)c1ccccc1.C(#CP(c1ccccc1)c1ccccc1)c1ccccc1.C(#CP(c1ccccc1)c1ccccc1)c1ccccc1.[C-]#[O+].[C-]#[O+].[C-]#[O+].[Cr]. The zero-order valence-electron chi connectivity index (χ0n) is 38.0. The number of hydrogen-bond donors (Lipinski definition) is 0. The minimum atomic E-state index is -0.636. The smallest absolute Gasteiger partial charge is 0 e. The molecule has 0 saturated carbocycles. The van der Waals surface area contributed by atoms with Gasteiger partial charge in [-0.2, -0.15) is 0 Å². The third-order valence-corrected chi connectivity index (χ3v) is 15.2. The molecule has 0 unspecified atom stereocenters. The van der Waals surface area contributed by atoms with Gasteiger partial charge in [0.25, 0.3) is 0 Å². The summed E-state index contributed by atoms with van der Waals surface area (Å²) in [7, 11) is -1.91. The largest absolute Gasteiger partial charge is 0 e. The first kappa shape index (κ1) is 57.0. The van der Waals surface area contributed by atoms with E-state index in [4.69, 9.17) is 14.0 Å². The molecule has 0 spiro atoms. The molecule has 0 aromatic heterocycles. The Morgan fingerprint density at radius 2 is 0.343 bits per heavy atom. The molecular weight excluding hydrogens is 950 g/mol. The Morgan fingerprint density at radius 1 is 0.214 bits per heavy atom. The van der Waals surface area contributed by atoms with Gasteiger partial charge >= 0.3 is 33.9 Å². The molecule has 0 N–H and O–H groups in total. The van der Waals surface area contributed by atoms with Crippen molar-refractivity contribution in [2.75, 3.05) is 0 Å². The van der Waals surface area contributed by atoms with E-state index in [0.717, 1.165) is 16.7 Å². The fourth-order valence-electron chi connectivity index (χ4n) is 6.22. The van der Waals surface area contributed by atoms with Gasteiger partial charge in [0.15, 0.2) is 0 Å². The van der Waals surface area contributed by atoms with Crippen molar-refractivity contribution in [3.05, 3.63) is 310 Å². The molecule has 3 nitrogen and oxygen atoms in total. The molecule has 0 amide bonds. The van der Waals surface area contributed by atoms with Gasteiger partial charge in [-0.25, -0.2) is 0 Å². The molecule has 9 aromatic carbocycles. The van der Waals surface area contributed by atoms with E-state index in [1.807, 2.05) is 91.0 Å². The average molecular weight is 995 g/mol. The van der Waals surface area contributed by atoms with Crippen molar-refractivity contribution in [2.24, 2.45) is 0 Å². The fraction of sp³-hybridized carbons (Fsp3) is 0. The molecule has 336 valence electrons. The zero-order valence-corrected chi connectivity index (χ0v) is 41.9. The van der Waals surface area contributed by atoms with Crippen LogP contribution >= 0.6 is 23.8 Å². The molecule has 70 heavy (non-hydrogen) atoms. The van der Waals surface area contributed by atoms with Crippen LogP contribution < -0.4 is 31.8 Å². The summed E-state index contributed by atoms with van der Waals surface area (Å²) in [5.41, 5.74) is 13.6. The molecule has 0 atom stereocenters. The summed E-state index contributed by atoms with van der Waals surface area (Å²) in [6.07, 6.45) is 0. The molecule has 0 aliphatic rings. The van der Waals surface area contributed by atoms with Crippen LogP contribution in [-0.4, -0.2) is 0 Å². The average Bonchev–Trinajstić information content (AvgIpc) is 3.46. The second kappa shape index (κ2) is 35.8. The summed E-state index contributed by atoms with van der Waals surface area (Å²) in [5, 5.41) is 7.76. The molecule has 0 heterocycles. The first-order chi connectivity index (χ1) is 34.3. The van der Waals surface area contributed by atoms with Crippen molar-refractivity contribution in [1.82, 2.24) is 0 Å². The summed E-state index contributed by atoms with van der Waals surface area (Å²) in [4.78, 5) is 0. The maximum atomic E-state index is 7.50. The third kappa shape index (κ3) is 20.1. The van der Waals surface area contributed by atoms with E-state index in [-0.39, 0.29) is 17.4 Å². The Hall–Kier alpha value is -7.30. The van der Waals surface area contributed by atoms with E-state index in [2.05, 4.69) is 237 Å². The molecule has 0 aliphatic carbocycles. The van der Waals surface area contributed by atoms with Gasteiger partial charge in [0, 0.05) is 57.8 Å². The second-order valence-corrected chi connectivity index (χ2v) is 19.6. The summed E-state index contributed by atoms with van der Waals surface area (Å²) in [5.74, 6) is 9.96. The third-order valence-electron chi connectivity index (χ3n) is 9.34. The first-order valence-corrected chi connectivity index (χ1v) is 25.3. The van der Waals surface area contributed by atoms with Crippen LogP contribution in [0.3, 0.4) is 0 Å². The molecule has 9 aromatic rings. The first-order valence-electron chi connectivity index (χ1n) is 21.3. The Morgan fingerprint density at radius 3 is 0.486 bits per heavy atom. The Bertz CT molecular complexity index is 2580. The maximum Gasteiger partial charge on any atom is 0 e. The predicted molar refractivity (Wildman–Crippen MR) is 289 cm³/mol. The van der Waals surface area contributed by atoms with Crippen LogP contribution in [0.2, 0.25) is 0 Å². The molecule has 0 saturated heterocycles. The van der Waals surface area contributed by atoms with Crippen LogP contribution in [0.1, 0.15) is 16.7 Å². The van der Waals surface area contributed by atoms with E-state index in [9.17, 15) is 0 Å². The zero-order chi connectivity index (χ0) is 49.0. The number of benzene rings is 9. The van der Waals surface area contributed by atoms with Crippen molar-refractivity contribution < 1.29 is 31.3 Å². The molecule has 0 radical (unpaired) electrons. The maximum absolute atomic E-state index is 7.50. The van der Waals surface area contributed by atoms with E-state index in [1.165, 1.54) is 31.8 Å². The fourth-order valence-corrected chi connectivity index (χ4v) is 11.4. The van der Waals surface area contributed by atoms with Gasteiger partial charge < -0.3 is 0 Å². The van der Waals surface area contributed by atoms with Crippen molar-refractivity contribution in [1.29, 1.82) is 0 Å². The van der Waals surface area contributed by atoms with E-state index in [1.54, 1.807) is 0 Å². The van der Waals surface area contributed by atoms with Gasteiger partial charge in [0.1, 0.15) is 0 Å². The Kier molecular flexibility index (Phi) is 29.2. The molecule has 9 rings (SSSR count). The summed E-state index contributed by atoms with van der Waals surface area (Å²) >= 11 is 0. The van der Waals surface area contributed by atoms with Gasteiger partial charge in [-0.05, 0) is 68.2 Å². The van der Waals surface area contributed by atoms with Crippen molar-refractivity contribution in [3.63, 3.8) is 0 Å². The van der Waals surface area contributed by atoms with Crippen molar-refractivity contribution in [2.45, 2.75) is 0 Å². The van der Waals surface area contributed by atoms with E-state index >= 15 is 0 Å². The van der Waals surface area contributed by atoms with Crippen molar-refractivity contribution in [3.8, 4) is 34.7 Å². The van der Waals surface area contributed by atoms with Crippen LogP contribution in [0.15, 0.2) is 273 Å². The number of rotatable bonds is 6.